The molecule has 0 aliphatic carbocycles. The summed E-state index contributed by atoms with van der Waals surface area (Å²) in [5, 5.41) is 10.9. The van der Waals surface area contributed by atoms with Crippen LogP contribution in [0, 0.1) is 0 Å². The van der Waals surface area contributed by atoms with Crippen molar-refractivity contribution in [3.8, 4) is 0 Å². The zero-order chi connectivity index (χ0) is 9.84. The van der Waals surface area contributed by atoms with E-state index < -0.39 is 5.97 Å². The van der Waals surface area contributed by atoms with E-state index >= 15 is 0 Å². The summed E-state index contributed by atoms with van der Waals surface area (Å²) < 4.78 is 0. The number of hydrogen-bond donors (Lipinski definition) is 0. The topological polar surface area (TPSA) is 40.1 Å². The molecule has 1 aromatic carbocycles. The molecule has 5 heteroatoms. The summed E-state index contributed by atoms with van der Waals surface area (Å²) in [6.45, 7) is 0. The van der Waals surface area contributed by atoms with Crippen molar-refractivity contribution in [2.45, 2.75) is 0 Å². The van der Waals surface area contributed by atoms with Crippen LogP contribution in [0.2, 0.25) is 10.0 Å². The fourth-order valence-corrected chi connectivity index (χ4v) is 1.09. The Morgan fingerprint density at radius 3 is 2.43 bits per heavy atom. The van der Waals surface area contributed by atoms with Gasteiger partial charge >= 0.3 is 22.4 Å². The molecule has 0 saturated carbocycles. The third-order valence-electron chi connectivity index (χ3n) is 1.36. The van der Waals surface area contributed by atoms with Crippen molar-refractivity contribution in [3.63, 3.8) is 0 Å². The first-order valence-corrected chi connectivity index (χ1v) is 4.19. The maximum absolute atomic E-state index is 10.1. The van der Waals surface area contributed by atoms with Crippen molar-refractivity contribution in [1.82, 2.24) is 0 Å². The molecule has 0 heterocycles. The van der Waals surface area contributed by atoms with Gasteiger partial charge in [-0.3, -0.25) is 0 Å². The van der Waals surface area contributed by atoms with Crippen LogP contribution in [0.15, 0.2) is 24.3 Å². The van der Waals surface area contributed by atoms with Crippen molar-refractivity contribution < 1.29 is 32.3 Å². The zero-order valence-electron chi connectivity index (χ0n) is 6.76. The zero-order valence-corrected chi connectivity index (χ0v) is 9.75. The Morgan fingerprint density at radius 1 is 1.29 bits per heavy atom. The number of benzene rings is 1. The molecule has 0 unspecified atom stereocenters. The smallest absolute Gasteiger partial charge is 0.545 e. The van der Waals surface area contributed by atoms with Crippen LogP contribution in [0.1, 0.15) is 5.56 Å². The van der Waals surface area contributed by atoms with E-state index in [0.717, 1.165) is 6.08 Å². The second-order valence-electron chi connectivity index (χ2n) is 2.33. The van der Waals surface area contributed by atoms with Gasteiger partial charge < -0.3 is 9.90 Å². The monoisotopic (exact) mass is 322 g/mol. The fourth-order valence-electron chi connectivity index (χ4n) is 0.780. The van der Waals surface area contributed by atoms with Gasteiger partial charge in [-0.15, -0.1) is 0 Å². The van der Waals surface area contributed by atoms with E-state index in [1.807, 2.05) is 0 Å². The van der Waals surface area contributed by atoms with Crippen molar-refractivity contribution in [1.29, 1.82) is 0 Å². The quantitative estimate of drug-likeness (QED) is 0.614. The van der Waals surface area contributed by atoms with Crippen LogP contribution in [0.4, 0.5) is 0 Å². The van der Waals surface area contributed by atoms with Crippen LogP contribution in [-0.2, 0) is 27.2 Å². The number of carboxylic acids is 1. The number of carbonyl (C=O) groups is 1. The number of halogens is 2. The number of carboxylic acid groups (broad SMARTS) is 1. The summed E-state index contributed by atoms with van der Waals surface area (Å²) >= 11 is 11.4. The molecule has 0 amide bonds. The Bertz CT molecular complexity index is 364. The molecule has 0 aliphatic heterocycles. The first kappa shape index (κ1) is 13.8. The van der Waals surface area contributed by atoms with Gasteiger partial charge in [0, 0.05) is 0 Å². The minimum absolute atomic E-state index is 0. The third kappa shape index (κ3) is 4.31. The SMILES string of the molecule is O=C([O-])C=Cc1ccc(Cl)c(Cl)c1.[Ag+]. The van der Waals surface area contributed by atoms with Gasteiger partial charge in [-0.2, -0.15) is 0 Å². The van der Waals surface area contributed by atoms with Gasteiger partial charge in [0.15, 0.2) is 0 Å². The van der Waals surface area contributed by atoms with Crippen molar-refractivity contribution >= 4 is 35.2 Å². The molecule has 0 radical (unpaired) electrons. The van der Waals surface area contributed by atoms with Gasteiger partial charge in [-0.25, -0.2) is 0 Å². The van der Waals surface area contributed by atoms with Crippen molar-refractivity contribution in [2.24, 2.45) is 0 Å². The van der Waals surface area contributed by atoms with Crippen LogP contribution < -0.4 is 5.11 Å². The Kier molecular flexibility index (Phi) is 6.16. The summed E-state index contributed by atoms with van der Waals surface area (Å²) in [7, 11) is 0. The molecule has 0 fully saturated rings. The third-order valence-corrected chi connectivity index (χ3v) is 2.09. The van der Waals surface area contributed by atoms with Crippen LogP contribution in [0.25, 0.3) is 6.08 Å². The molecule has 1 rings (SSSR count). The van der Waals surface area contributed by atoms with Gasteiger partial charge in [-0.1, -0.05) is 35.3 Å². The number of aliphatic carboxylic acids is 1. The van der Waals surface area contributed by atoms with Gasteiger partial charge in [0.05, 0.1) is 16.0 Å². The van der Waals surface area contributed by atoms with Crippen LogP contribution in [0.3, 0.4) is 0 Å². The molecular formula is C9H5AgCl2O2. The summed E-state index contributed by atoms with van der Waals surface area (Å²) in [5.41, 5.74) is 0.665. The Hall–Kier alpha value is -0.250. The predicted molar refractivity (Wildman–Crippen MR) is 50.5 cm³/mol. The Labute approximate surface area is 107 Å². The maximum atomic E-state index is 10.1. The van der Waals surface area contributed by atoms with Crippen molar-refractivity contribution in [3.05, 3.63) is 39.9 Å². The molecule has 0 N–H and O–H groups in total. The van der Waals surface area contributed by atoms with Gasteiger partial charge in [-0.05, 0) is 23.8 Å². The maximum Gasteiger partial charge on any atom is 1.00 e. The number of hydrogen-bond acceptors (Lipinski definition) is 2. The summed E-state index contributed by atoms with van der Waals surface area (Å²) in [6.07, 6.45) is 2.32. The fraction of sp³-hybridized carbons (Fsp3) is 0. The number of carbonyl (C=O) groups excluding carboxylic acids is 1. The van der Waals surface area contributed by atoms with E-state index in [4.69, 9.17) is 23.2 Å². The van der Waals surface area contributed by atoms with Gasteiger partial charge in [0.1, 0.15) is 0 Å². The van der Waals surface area contributed by atoms with E-state index in [-0.39, 0.29) is 22.4 Å². The van der Waals surface area contributed by atoms with E-state index in [0.29, 0.717) is 15.6 Å². The van der Waals surface area contributed by atoms with Gasteiger partial charge in [0.2, 0.25) is 0 Å². The molecule has 0 atom stereocenters. The molecule has 0 aromatic heterocycles. The van der Waals surface area contributed by atoms with E-state index in [1.54, 1.807) is 18.2 Å². The first-order valence-electron chi connectivity index (χ1n) is 3.43. The second-order valence-corrected chi connectivity index (χ2v) is 3.14. The molecule has 14 heavy (non-hydrogen) atoms. The normalized spacial score (nSPS) is 9.86. The van der Waals surface area contributed by atoms with E-state index in [1.165, 1.54) is 6.08 Å². The number of rotatable bonds is 2. The molecule has 78 valence electrons. The van der Waals surface area contributed by atoms with Crippen LogP contribution >= 0.6 is 23.2 Å². The molecule has 0 aliphatic rings. The predicted octanol–water partition coefficient (Wildman–Crippen LogP) is 1.75. The summed E-state index contributed by atoms with van der Waals surface area (Å²) in [6, 6.07) is 4.83. The standard InChI is InChI=1S/C9H6Cl2O2.Ag/c10-7-3-1-6(5-8(7)11)2-4-9(12)13;/h1-5H,(H,12,13);/q;+1/p-1. The second kappa shape index (κ2) is 6.27. The average Bonchev–Trinajstić information content (AvgIpc) is 2.07. The minimum Gasteiger partial charge on any atom is -0.545 e. The molecule has 0 bridgehead atoms. The Balaban J connectivity index is 0.00000169. The molecular weight excluding hydrogens is 319 g/mol. The minimum atomic E-state index is -1.24. The Morgan fingerprint density at radius 2 is 1.93 bits per heavy atom. The average molecular weight is 324 g/mol. The molecule has 0 saturated heterocycles. The summed E-state index contributed by atoms with van der Waals surface area (Å²) in [5.74, 6) is -1.24. The van der Waals surface area contributed by atoms with E-state index in [2.05, 4.69) is 0 Å². The molecule has 1 aromatic rings. The largest absolute Gasteiger partial charge is 1.00 e. The molecule has 2 nitrogen and oxygen atoms in total. The van der Waals surface area contributed by atoms with Crippen LogP contribution in [0.5, 0.6) is 0 Å². The van der Waals surface area contributed by atoms with Crippen molar-refractivity contribution in [2.75, 3.05) is 0 Å². The first-order chi connectivity index (χ1) is 6.09. The molecule has 0 spiro atoms. The van der Waals surface area contributed by atoms with Crippen LogP contribution in [-0.4, -0.2) is 5.97 Å². The van der Waals surface area contributed by atoms with E-state index in [9.17, 15) is 9.90 Å². The summed E-state index contributed by atoms with van der Waals surface area (Å²) in [4.78, 5) is 10.1. The van der Waals surface area contributed by atoms with Gasteiger partial charge in [0.25, 0.3) is 0 Å².